The summed E-state index contributed by atoms with van der Waals surface area (Å²) in [5.41, 5.74) is 1.08. The number of nitrogens with zero attached hydrogens (tertiary/aromatic N) is 6. The Labute approximate surface area is 140 Å². The number of rotatable bonds is 3. The van der Waals surface area contributed by atoms with E-state index in [4.69, 9.17) is 0 Å². The van der Waals surface area contributed by atoms with Gasteiger partial charge >= 0.3 is 6.03 Å². The first kappa shape index (κ1) is 14.9. The first-order valence-electron chi connectivity index (χ1n) is 8.31. The number of carbonyl (C=O) groups excluding carboxylic acids is 1. The van der Waals surface area contributed by atoms with Crippen molar-refractivity contribution in [1.29, 1.82) is 0 Å². The summed E-state index contributed by atoms with van der Waals surface area (Å²) in [6.45, 7) is 2.83. The lowest BCUT2D eigenvalue weighted by Crippen LogP contribution is -2.50. The summed E-state index contributed by atoms with van der Waals surface area (Å²) in [7, 11) is 1.87. The number of aryl methyl sites for hydroxylation is 1. The summed E-state index contributed by atoms with van der Waals surface area (Å²) in [5.74, 6) is 2.20. The van der Waals surface area contributed by atoms with Crippen LogP contribution in [0, 0.1) is 0 Å². The van der Waals surface area contributed by atoms with E-state index in [0.717, 1.165) is 30.4 Å². The standard InChI is InChI=1S/C16H21N7O/c1-21-14(10-13(20-21)12-2-3-12)19-16(24)23-8-6-22(7-9-23)15-11-17-4-5-18-15/h4-5,10-12H,2-3,6-9H2,1H3,(H,19,24). The number of nitrogens with one attached hydrogen (secondary N) is 1. The molecule has 1 saturated heterocycles. The number of anilines is 2. The van der Waals surface area contributed by atoms with Crippen molar-refractivity contribution in [3.8, 4) is 0 Å². The number of hydrogen-bond acceptors (Lipinski definition) is 5. The van der Waals surface area contributed by atoms with Gasteiger partial charge in [0.2, 0.25) is 0 Å². The highest BCUT2D eigenvalue weighted by Gasteiger charge is 2.28. The number of hydrogen-bond donors (Lipinski definition) is 1. The normalized spacial score (nSPS) is 17.9. The summed E-state index contributed by atoms with van der Waals surface area (Å²) < 4.78 is 1.75. The van der Waals surface area contributed by atoms with Gasteiger partial charge in [0, 0.05) is 57.6 Å². The third-order valence-corrected chi connectivity index (χ3v) is 4.57. The fourth-order valence-electron chi connectivity index (χ4n) is 2.97. The molecule has 0 radical (unpaired) electrons. The average molecular weight is 327 g/mol. The van der Waals surface area contributed by atoms with Crippen LogP contribution in [0.25, 0.3) is 0 Å². The molecule has 0 unspecified atom stereocenters. The zero-order chi connectivity index (χ0) is 16.5. The Morgan fingerprint density at radius 1 is 1.21 bits per heavy atom. The highest BCUT2D eigenvalue weighted by atomic mass is 16.2. The molecule has 1 N–H and O–H groups in total. The Hall–Kier alpha value is -2.64. The van der Waals surface area contributed by atoms with Gasteiger partial charge in [-0.1, -0.05) is 0 Å². The van der Waals surface area contributed by atoms with E-state index in [2.05, 4.69) is 25.3 Å². The van der Waals surface area contributed by atoms with Gasteiger partial charge in [-0.05, 0) is 12.8 Å². The first-order chi connectivity index (χ1) is 11.7. The van der Waals surface area contributed by atoms with E-state index < -0.39 is 0 Å². The van der Waals surface area contributed by atoms with Gasteiger partial charge in [-0.15, -0.1) is 0 Å². The molecule has 126 valence electrons. The van der Waals surface area contributed by atoms with Crippen molar-refractivity contribution in [3.63, 3.8) is 0 Å². The van der Waals surface area contributed by atoms with E-state index in [1.807, 2.05) is 18.0 Å². The van der Waals surface area contributed by atoms with E-state index in [-0.39, 0.29) is 6.03 Å². The Morgan fingerprint density at radius 3 is 2.67 bits per heavy atom. The third kappa shape index (κ3) is 3.04. The molecule has 3 heterocycles. The Morgan fingerprint density at radius 2 is 2.00 bits per heavy atom. The third-order valence-electron chi connectivity index (χ3n) is 4.57. The molecule has 1 saturated carbocycles. The summed E-state index contributed by atoms with van der Waals surface area (Å²) in [5, 5.41) is 7.46. The van der Waals surface area contributed by atoms with Crippen LogP contribution >= 0.6 is 0 Å². The smallest absolute Gasteiger partial charge is 0.323 e. The van der Waals surface area contributed by atoms with Gasteiger partial charge in [0.15, 0.2) is 0 Å². The molecule has 4 rings (SSSR count). The molecule has 2 aromatic heterocycles. The molecule has 1 aliphatic carbocycles. The highest BCUT2D eigenvalue weighted by Crippen LogP contribution is 2.39. The molecule has 0 atom stereocenters. The maximum atomic E-state index is 12.5. The molecule has 2 amide bonds. The molecule has 0 bridgehead atoms. The number of amides is 2. The number of urea groups is 1. The molecule has 8 nitrogen and oxygen atoms in total. The van der Waals surface area contributed by atoms with E-state index in [1.165, 1.54) is 12.8 Å². The van der Waals surface area contributed by atoms with Crippen molar-refractivity contribution in [2.75, 3.05) is 36.4 Å². The summed E-state index contributed by atoms with van der Waals surface area (Å²) in [6.07, 6.45) is 7.51. The first-order valence-corrected chi connectivity index (χ1v) is 8.31. The molecule has 2 fully saturated rings. The lowest BCUT2D eigenvalue weighted by molar-refractivity contribution is 0.208. The molecule has 0 aromatic carbocycles. The second-order valence-corrected chi connectivity index (χ2v) is 6.32. The van der Waals surface area contributed by atoms with Crippen LogP contribution in [0.15, 0.2) is 24.7 Å². The highest BCUT2D eigenvalue weighted by molar-refractivity contribution is 5.88. The van der Waals surface area contributed by atoms with Crippen molar-refractivity contribution >= 4 is 17.7 Å². The largest absolute Gasteiger partial charge is 0.352 e. The van der Waals surface area contributed by atoms with Gasteiger partial charge in [0.05, 0.1) is 11.9 Å². The number of aromatic nitrogens is 4. The molecule has 2 aromatic rings. The molecule has 8 heteroatoms. The number of carbonyl (C=O) groups is 1. The molecule has 24 heavy (non-hydrogen) atoms. The second kappa shape index (κ2) is 6.10. The van der Waals surface area contributed by atoms with Gasteiger partial charge in [0.1, 0.15) is 11.6 Å². The minimum atomic E-state index is -0.0702. The Balaban J connectivity index is 1.34. The quantitative estimate of drug-likeness (QED) is 0.923. The number of piperazine rings is 1. The van der Waals surface area contributed by atoms with Crippen LogP contribution in [0.1, 0.15) is 24.5 Å². The summed E-state index contributed by atoms with van der Waals surface area (Å²) in [4.78, 5) is 24.9. The zero-order valence-corrected chi connectivity index (χ0v) is 13.7. The Kier molecular flexibility index (Phi) is 3.79. The monoisotopic (exact) mass is 327 g/mol. The van der Waals surface area contributed by atoms with Gasteiger partial charge in [-0.3, -0.25) is 15.0 Å². The predicted molar refractivity (Wildman–Crippen MR) is 90.0 cm³/mol. The zero-order valence-electron chi connectivity index (χ0n) is 13.7. The molecule has 1 aliphatic heterocycles. The maximum absolute atomic E-state index is 12.5. The second-order valence-electron chi connectivity index (χ2n) is 6.32. The van der Waals surface area contributed by atoms with Crippen LogP contribution in [-0.4, -0.2) is 56.9 Å². The van der Waals surface area contributed by atoms with Gasteiger partial charge in [-0.2, -0.15) is 5.10 Å². The molecule has 0 spiro atoms. The van der Waals surface area contributed by atoms with E-state index in [1.54, 1.807) is 23.3 Å². The minimum absolute atomic E-state index is 0.0702. The SMILES string of the molecule is Cn1nc(C2CC2)cc1NC(=O)N1CCN(c2cnccn2)CC1. The van der Waals surface area contributed by atoms with Crippen molar-refractivity contribution in [2.45, 2.75) is 18.8 Å². The van der Waals surface area contributed by atoms with Crippen LogP contribution in [0.2, 0.25) is 0 Å². The summed E-state index contributed by atoms with van der Waals surface area (Å²) >= 11 is 0. The van der Waals surface area contributed by atoms with Gasteiger partial charge in [-0.25, -0.2) is 9.78 Å². The average Bonchev–Trinajstić information content (AvgIpc) is 3.41. The van der Waals surface area contributed by atoms with E-state index in [0.29, 0.717) is 19.0 Å². The van der Waals surface area contributed by atoms with Crippen molar-refractivity contribution in [2.24, 2.45) is 7.05 Å². The van der Waals surface area contributed by atoms with Crippen molar-refractivity contribution in [1.82, 2.24) is 24.6 Å². The van der Waals surface area contributed by atoms with Gasteiger partial charge in [0.25, 0.3) is 0 Å². The lowest BCUT2D eigenvalue weighted by atomic mass is 10.3. The topological polar surface area (TPSA) is 79.2 Å². The fourth-order valence-corrected chi connectivity index (χ4v) is 2.97. The van der Waals surface area contributed by atoms with Gasteiger partial charge < -0.3 is 9.80 Å². The molecular weight excluding hydrogens is 306 g/mol. The van der Waals surface area contributed by atoms with E-state index >= 15 is 0 Å². The maximum Gasteiger partial charge on any atom is 0.323 e. The summed E-state index contributed by atoms with van der Waals surface area (Å²) in [6, 6.07) is 1.92. The van der Waals surface area contributed by atoms with Crippen LogP contribution in [0.5, 0.6) is 0 Å². The lowest BCUT2D eigenvalue weighted by Gasteiger charge is -2.35. The fraction of sp³-hybridized carbons (Fsp3) is 0.500. The van der Waals surface area contributed by atoms with Crippen LogP contribution in [0.3, 0.4) is 0 Å². The van der Waals surface area contributed by atoms with Crippen LogP contribution < -0.4 is 10.2 Å². The van der Waals surface area contributed by atoms with Crippen molar-refractivity contribution < 1.29 is 4.79 Å². The molecule has 2 aliphatic rings. The predicted octanol–water partition coefficient (Wildman–Crippen LogP) is 1.44. The van der Waals surface area contributed by atoms with Crippen LogP contribution in [-0.2, 0) is 7.05 Å². The van der Waals surface area contributed by atoms with Crippen molar-refractivity contribution in [3.05, 3.63) is 30.4 Å². The molecular formula is C16H21N7O. The van der Waals surface area contributed by atoms with E-state index in [9.17, 15) is 4.79 Å². The van der Waals surface area contributed by atoms with Crippen LogP contribution in [0.4, 0.5) is 16.4 Å². The Bertz CT molecular complexity index is 717. The minimum Gasteiger partial charge on any atom is -0.352 e.